The zero-order valence-electron chi connectivity index (χ0n) is 17.5. The Morgan fingerprint density at radius 1 is 1.12 bits per heavy atom. The third kappa shape index (κ3) is 6.05. The fraction of sp³-hybridized carbons (Fsp3) is 0.250. The molecule has 0 saturated carbocycles. The summed E-state index contributed by atoms with van der Waals surface area (Å²) in [5.74, 6) is 2.97. The predicted molar refractivity (Wildman–Crippen MR) is 136 cm³/mol. The number of halogens is 1. The number of hydrogen-bond donors (Lipinski definition) is 1. The van der Waals surface area contributed by atoms with E-state index in [-0.39, 0.29) is 5.91 Å². The number of thiazole rings is 1. The van der Waals surface area contributed by atoms with Crippen molar-refractivity contribution < 1.29 is 4.79 Å². The van der Waals surface area contributed by atoms with Crippen molar-refractivity contribution in [2.75, 3.05) is 48.7 Å². The van der Waals surface area contributed by atoms with Gasteiger partial charge in [0.25, 0.3) is 0 Å². The van der Waals surface area contributed by atoms with Crippen LogP contribution in [0.15, 0.2) is 58.3 Å². The number of rotatable bonds is 7. The minimum absolute atomic E-state index is 0.0473. The second kappa shape index (κ2) is 10.9. The molecule has 4 rings (SSSR count). The van der Waals surface area contributed by atoms with E-state index in [1.807, 2.05) is 41.8 Å². The molecule has 2 heterocycles. The number of amides is 1. The van der Waals surface area contributed by atoms with Crippen LogP contribution in [-0.2, 0) is 4.79 Å². The number of nitrogens with zero attached hydrogens (tertiary/aromatic N) is 3. The average molecular weight is 483 g/mol. The number of aromatic nitrogens is 1. The summed E-state index contributed by atoms with van der Waals surface area (Å²) in [6.07, 6.45) is 5.40. The van der Waals surface area contributed by atoms with Crippen molar-refractivity contribution in [3.63, 3.8) is 0 Å². The number of hydrogen-bond acceptors (Lipinski definition) is 6. The summed E-state index contributed by atoms with van der Waals surface area (Å²) < 4.78 is 0.865. The van der Waals surface area contributed by atoms with Crippen LogP contribution >= 0.6 is 34.7 Å². The maximum absolute atomic E-state index is 12.4. The van der Waals surface area contributed by atoms with E-state index in [2.05, 4.69) is 38.2 Å². The number of carbonyl (C=O) groups is 1. The Morgan fingerprint density at radius 2 is 1.84 bits per heavy atom. The summed E-state index contributed by atoms with van der Waals surface area (Å²) in [5.41, 5.74) is 3.87. The first-order valence-corrected chi connectivity index (χ1v) is 12.5. The molecule has 0 atom stereocenters. The van der Waals surface area contributed by atoms with Gasteiger partial charge in [0.15, 0.2) is 4.34 Å². The molecule has 1 aliphatic rings. The van der Waals surface area contributed by atoms with Gasteiger partial charge in [-0.3, -0.25) is 9.69 Å². The van der Waals surface area contributed by atoms with Gasteiger partial charge >= 0.3 is 0 Å². The predicted octanol–water partition coefficient (Wildman–Crippen LogP) is 4.95. The first kappa shape index (κ1) is 22.7. The van der Waals surface area contributed by atoms with Gasteiger partial charge in [-0.1, -0.05) is 41.4 Å². The van der Waals surface area contributed by atoms with Gasteiger partial charge in [-0.25, -0.2) is 4.98 Å². The van der Waals surface area contributed by atoms with E-state index in [4.69, 9.17) is 18.0 Å². The molecule has 1 aliphatic heterocycles. The zero-order valence-corrected chi connectivity index (χ0v) is 19.8. The minimum atomic E-state index is -0.0473. The zero-order chi connectivity index (χ0) is 22.3. The number of nitrogens with one attached hydrogen (secondary N) is 1. The van der Waals surface area contributed by atoms with Gasteiger partial charge in [0.1, 0.15) is 0 Å². The number of carbonyl (C=O) groups excluding carboxylic acids is 1. The Hall–Kier alpha value is -2.50. The molecule has 8 heteroatoms. The van der Waals surface area contributed by atoms with Crippen molar-refractivity contribution in [3.05, 3.63) is 58.9 Å². The van der Waals surface area contributed by atoms with Gasteiger partial charge < -0.3 is 10.2 Å². The Balaban J connectivity index is 1.25. The molecule has 2 aromatic carbocycles. The largest absolute Gasteiger partial charge is 0.369 e. The smallest absolute Gasteiger partial charge is 0.234 e. The Kier molecular flexibility index (Phi) is 7.72. The van der Waals surface area contributed by atoms with Crippen molar-refractivity contribution in [1.29, 1.82) is 0 Å². The van der Waals surface area contributed by atoms with Crippen LogP contribution in [0, 0.1) is 12.3 Å². The maximum Gasteiger partial charge on any atom is 0.234 e. The highest BCUT2D eigenvalue weighted by atomic mass is 35.5. The van der Waals surface area contributed by atoms with Crippen LogP contribution in [-0.4, -0.2) is 54.3 Å². The SMILES string of the molecule is C#CCN1CCN(c2ccc(NC(=O)CSc3nc(-c4ccc(Cl)cc4)cs3)cc2)CC1. The maximum atomic E-state index is 12.4. The lowest BCUT2D eigenvalue weighted by molar-refractivity contribution is -0.113. The molecular weight excluding hydrogens is 460 g/mol. The molecule has 0 radical (unpaired) electrons. The molecule has 1 N–H and O–H groups in total. The molecule has 1 fully saturated rings. The quantitative estimate of drug-likeness (QED) is 0.381. The molecule has 0 unspecified atom stereocenters. The van der Waals surface area contributed by atoms with Crippen molar-refractivity contribution in [2.24, 2.45) is 0 Å². The van der Waals surface area contributed by atoms with Crippen LogP contribution < -0.4 is 10.2 Å². The molecule has 5 nitrogen and oxygen atoms in total. The molecule has 1 amide bonds. The van der Waals surface area contributed by atoms with Crippen LogP contribution in [0.2, 0.25) is 5.02 Å². The van der Waals surface area contributed by atoms with E-state index >= 15 is 0 Å². The van der Waals surface area contributed by atoms with Crippen LogP contribution in [0.1, 0.15) is 0 Å². The summed E-state index contributed by atoms with van der Waals surface area (Å²) >= 11 is 8.92. The fourth-order valence-electron chi connectivity index (χ4n) is 3.45. The van der Waals surface area contributed by atoms with Crippen molar-refractivity contribution in [1.82, 2.24) is 9.88 Å². The standard InChI is InChI=1S/C24H23ClN4OS2/c1-2-11-28-12-14-29(15-13-28)21-9-7-20(8-10-21)26-23(30)17-32-24-27-22(16-31-24)18-3-5-19(25)6-4-18/h1,3-10,16H,11-15,17H2,(H,26,30). The summed E-state index contributed by atoms with van der Waals surface area (Å²) in [7, 11) is 0. The Labute approximate surface area is 201 Å². The highest BCUT2D eigenvalue weighted by Crippen LogP contribution is 2.29. The summed E-state index contributed by atoms with van der Waals surface area (Å²) in [5, 5.41) is 5.66. The molecule has 3 aromatic rings. The van der Waals surface area contributed by atoms with E-state index in [1.54, 1.807) is 0 Å². The third-order valence-electron chi connectivity index (χ3n) is 5.15. The summed E-state index contributed by atoms with van der Waals surface area (Å²) in [4.78, 5) is 21.6. The number of piperazine rings is 1. The lowest BCUT2D eigenvalue weighted by Gasteiger charge is -2.35. The lowest BCUT2D eigenvalue weighted by atomic mass is 10.2. The molecule has 1 aromatic heterocycles. The van der Waals surface area contributed by atoms with Crippen LogP contribution in [0.3, 0.4) is 0 Å². The van der Waals surface area contributed by atoms with Crippen molar-refractivity contribution >= 4 is 52.0 Å². The van der Waals surface area contributed by atoms with Crippen molar-refractivity contribution in [2.45, 2.75) is 4.34 Å². The third-order valence-corrected chi connectivity index (χ3v) is 7.43. The molecule has 0 bridgehead atoms. The van der Waals surface area contributed by atoms with E-state index < -0.39 is 0 Å². The second-order valence-corrected chi connectivity index (χ2v) is 9.87. The van der Waals surface area contributed by atoms with Crippen LogP contribution in [0.25, 0.3) is 11.3 Å². The topological polar surface area (TPSA) is 48.5 Å². The number of thioether (sulfide) groups is 1. The van der Waals surface area contributed by atoms with Gasteiger partial charge in [0.05, 0.1) is 18.0 Å². The fourth-order valence-corrected chi connectivity index (χ4v) is 5.21. The van der Waals surface area contributed by atoms with Crippen LogP contribution in [0.5, 0.6) is 0 Å². The highest BCUT2D eigenvalue weighted by molar-refractivity contribution is 8.01. The number of anilines is 2. The van der Waals surface area contributed by atoms with Gasteiger partial charge in [-0.05, 0) is 36.4 Å². The molecule has 32 heavy (non-hydrogen) atoms. The van der Waals surface area contributed by atoms with Gasteiger partial charge in [0, 0.05) is 53.5 Å². The highest BCUT2D eigenvalue weighted by Gasteiger charge is 2.16. The normalized spacial score (nSPS) is 14.2. The Morgan fingerprint density at radius 3 is 2.53 bits per heavy atom. The number of terminal acetylenes is 1. The Bertz CT molecular complexity index is 1080. The van der Waals surface area contributed by atoms with Crippen LogP contribution in [0.4, 0.5) is 11.4 Å². The van der Waals surface area contributed by atoms with Crippen molar-refractivity contribution in [3.8, 4) is 23.6 Å². The monoisotopic (exact) mass is 482 g/mol. The molecule has 164 valence electrons. The molecular formula is C24H23ClN4OS2. The minimum Gasteiger partial charge on any atom is -0.369 e. The second-order valence-electron chi connectivity index (χ2n) is 7.36. The van der Waals surface area contributed by atoms with E-state index in [9.17, 15) is 4.79 Å². The van der Waals surface area contributed by atoms with Gasteiger partial charge in [-0.2, -0.15) is 0 Å². The average Bonchev–Trinajstić information content (AvgIpc) is 3.29. The number of benzene rings is 2. The van der Waals surface area contributed by atoms with E-state index in [1.165, 1.54) is 23.1 Å². The molecule has 1 saturated heterocycles. The molecule has 0 aliphatic carbocycles. The summed E-state index contributed by atoms with van der Waals surface area (Å²) in [6.45, 7) is 4.55. The summed E-state index contributed by atoms with van der Waals surface area (Å²) in [6, 6.07) is 15.6. The van der Waals surface area contributed by atoms with Gasteiger partial charge in [-0.15, -0.1) is 17.8 Å². The lowest BCUT2D eigenvalue weighted by Crippen LogP contribution is -2.46. The van der Waals surface area contributed by atoms with E-state index in [0.717, 1.165) is 53.2 Å². The van der Waals surface area contributed by atoms with E-state index in [0.29, 0.717) is 17.3 Å². The first-order valence-electron chi connectivity index (χ1n) is 10.3. The first-order chi connectivity index (χ1) is 15.6. The van der Waals surface area contributed by atoms with Gasteiger partial charge in [0.2, 0.25) is 5.91 Å². The molecule has 0 spiro atoms.